The van der Waals surface area contributed by atoms with Gasteiger partial charge in [0, 0.05) is 18.3 Å². The summed E-state index contributed by atoms with van der Waals surface area (Å²) in [5.41, 5.74) is 1.40. The lowest BCUT2D eigenvalue weighted by Crippen LogP contribution is -2.04. The van der Waals surface area contributed by atoms with Gasteiger partial charge < -0.3 is 4.57 Å². The zero-order valence-corrected chi connectivity index (χ0v) is 12.7. The summed E-state index contributed by atoms with van der Waals surface area (Å²) in [6.45, 7) is 1.78. The highest BCUT2D eigenvalue weighted by molar-refractivity contribution is 5.68. The standard InChI is InChI=1S/C15H11F3N6/c1-8-12(13-11(7-19)21-23-22-13)20-14(24(8)2)9-3-5-10(6-4-9)15(16,17)18/h3-6H,1-2H3,(H,21,22,23). The van der Waals surface area contributed by atoms with E-state index in [0.29, 0.717) is 22.8 Å². The average Bonchev–Trinajstić information content (AvgIpc) is 3.12. The first-order valence-corrected chi connectivity index (χ1v) is 6.85. The highest BCUT2D eigenvalue weighted by atomic mass is 19.4. The Kier molecular flexibility index (Phi) is 3.60. The average molecular weight is 332 g/mol. The topological polar surface area (TPSA) is 83.2 Å². The highest BCUT2D eigenvalue weighted by Crippen LogP contribution is 2.32. The quantitative estimate of drug-likeness (QED) is 0.782. The van der Waals surface area contributed by atoms with Gasteiger partial charge in [-0.2, -0.15) is 28.7 Å². The molecule has 0 fully saturated rings. The summed E-state index contributed by atoms with van der Waals surface area (Å²) in [6, 6.07) is 6.66. The minimum Gasteiger partial charge on any atom is -0.331 e. The summed E-state index contributed by atoms with van der Waals surface area (Å²) < 4.78 is 39.7. The van der Waals surface area contributed by atoms with Gasteiger partial charge >= 0.3 is 6.18 Å². The van der Waals surface area contributed by atoms with Crippen molar-refractivity contribution < 1.29 is 13.2 Å². The van der Waals surface area contributed by atoms with Gasteiger partial charge in [0.05, 0.1) is 5.56 Å². The molecule has 3 rings (SSSR count). The summed E-state index contributed by atoms with van der Waals surface area (Å²) in [5.74, 6) is 0.475. The lowest BCUT2D eigenvalue weighted by Gasteiger charge is -2.08. The molecule has 0 unspecified atom stereocenters. The van der Waals surface area contributed by atoms with Crippen LogP contribution < -0.4 is 0 Å². The van der Waals surface area contributed by atoms with Crippen molar-refractivity contribution in [1.29, 1.82) is 5.26 Å². The largest absolute Gasteiger partial charge is 0.416 e. The van der Waals surface area contributed by atoms with Crippen molar-refractivity contribution in [2.45, 2.75) is 13.1 Å². The number of benzene rings is 1. The first-order chi connectivity index (χ1) is 11.3. The van der Waals surface area contributed by atoms with Crippen LogP contribution >= 0.6 is 0 Å². The third-order valence-electron chi connectivity index (χ3n) is 3.73. The number of H-pyrrole nitrogens is 1. The maximum absolute atomic E-state index is 12.7. The number of aromatic nitrogens is 5. The maximum Gasteiger partial charge on any atom is 0.416 e. The molecular formula is C15H11F3N6. The minimum absolute atomic E-state index is 0.107. The number of nitrogens with one attached hydrogen (secondary N) is 1. The number of rotatable bonds is 2. The first kappa shape index (κ1) is 15.7. The predicted molar refractivity (Wildman–Crippen MR) is 78.5 cm³/mol. The smallest absolute Gasteiger partial charge is 0.331 e. The fourth-order valence-electron chi connectivity index (χ4n) is 2.34. The Morgan fingerprint density at radius 1 is 1.12 bits per heavy atom. The summed E-state index contributed by atoms with van der Waals surface area (Å²) in [7, 11) is 1.74. The van der Waals surface area contributed by atoms with Crippen LogP contribution in [-0.2, 0) is 13.2 Å². The molecule has 0 aliphatic rings. The van der Waals surface area contributed by atoms with E-state index < -0.39 is 11.7 Å². The Morgan fingerprint density at radius 2 is 1.79 bits per heavy atom. The fourth-order valence-corrected chi connectivity index (χ4v) is 2.34. The number of hydrogen-bond donors (Lipinski definition) is 1. The third kappa shape index (κ3) is 2.52. The molecule has 0 saturated heterocycles. The Hall–Kier alpha value is -3.15. The second kappa shape index (κ2) is 5.49. The molecule has 1 aromatic carbocycles. The number of hydrogen-bond acceptors (Lipinski definition) is 4. The molecule has 24 heavy (non-hydrogen) atoms. The molecule has 1 N–H and O–H groups in total. The van der Waals surface area contributed by atoms with E-state index >= 15 is 0 Å². The number of halogens is 3. The van der Waals surface area contributed by atoms with Crippen LogP contribution in [0, 0.1) is 18.3 Å². The van der Waals surface area contributed by atoms with E-state index in [9.17, 15) is 13.2 Å². The molecule has 0 radical (unpaired) electrons. The van der Waals surface area contributed by atoms with Gasteiger partial charge in [-0.05, 0) is 19.1 Å². The normalized spacial score (nSPS) is 11.5. The van der Waals surface area contributed by atoms with Crippen LogP contribution in [0.4, 0.5) is 13.2 Å². The van der Waals surface area contributed by atoms with E-state index in [1.165, 1.54) is 12.1 Å². The van der Waals surface area contributed by atoms with Crippen molar-refractivity contribution in [2.75, 3.05) is 0 Å². The van der Waals surface area contributed by atoms with Gasteiger partial charge in [-0.1, -0.05) is 12.1 Å². The van der Waals surface area contributed by atoms with Gasteiger partial charge in [0.25, 0.3) is 0 Å². The van der Waals surface area contributed by atoms with E-state index in [1.807, 2.05) is 6.07 Å². The third-order valence-corrected chi connectivity index (χ3v) is 3.73. The monoisotopic (exact) mass is 332 g/mol. The van der Waals surface area contributed by atoms with Crippen molar-refractivity contribution in [1.82, 2.24) is 25.0 Å². The van der Waals surface area contributed by atoms with Crippen LogP contribution in [0.1, 0.15) is 17.0 Å². The van der Waals surface area contributed by atoms with E-state index in [0.717, 1.165) is 17.8 Å². The molecule has 2 heterocycles. The highest BCUT2D eigenvalue weighted by Gasteiger charge is 2.30. The van der Waals surface area contributed by atoms with E-state index in [-0.39, 0.29) is 5.69 Å². The van der Waals surface area contributed by atoms with Crippen molar-refractivity contribution in [3.63, 3.8) is 0 Å². The molecule has 0 bridgehead atoms. The van der Waals surface area contributed by atoms with Crippen molar-refractivity contribution in [2.24, 2.45) is 7.05 Å². The molecule has 0 amide bonds. The Bertz CT molecular complexity index is 928. The number of alkyl halides is 3. The summed E-state index contributed by atoms with van der Waals surface area (Å²) in [5, 5.41) is 19.1. The number of nitriles is 1. The molecule has 9 heteroatoms. The summed E-state index contributed by atoms with van der Waals surface area (Å²) in [6.07, 6.45) is -4.39. The van der Waals surface area contributed by atoms with E-state index in [2.05, 4.69) is 20.4 Å². The lowest BCUT2D eigenvalue weighted by atomic mass is 10.1. The number of imidazole rings is 1. The van der Waals surface area contributed by atoms with Crippen LogP contribution in [-0.4, -0.2) is 25.0 Å². The zero-order chi connectivity index (χ0) is 17.5. The minimum atomic E-state index is -4.39. The Morgan fingerprint density at radius 3 is 2.38 bits per heavy atom. The van der Waals surface area contributed by atoms with Gasteiger partial charge in [0.2, 0.25) is 0 Å². The molecule has 0 atom stereocenters. The lowest BCUT2D eigenvalue weighted by molar-refractivity contribution is -0.137. The number of aromatic amines is 1. The second-order valence-corrected chi connectivity index (χ2v) is 5.14. The summed E-state index contributed by atoms with van der Waals surface area (Å²) >= 11 is 0. The fraction of sp³-hybridized carbons (Fsp3) is 0.200. The van der Waals surface area contributed by atoms with Gasteiger partial charge in [-0.3, -0.25) is 0 Å². The molecule has 0 spiro atoms. The van der Waals surface area contributed by atoms with Gasteiger partial charge in [0.1, 0.15) is 17.6 Å². The molecule has 3 aromatic rings. The van der Waals surface area contributed by atoms with Crippen LogP contribution in [0.25, 0.3) is 22.8 Å². The first-order valence-electron chi connectivity index (χ1n) is 6.85. The van der Waals surface area contributed by atoms with E-state index in [1.54, 1.807) is 18.5 Å². The van der Waals surface area contributed by atoms with Gasteiger partial charge in [0.15, 0.2) is 11.4 Å². The second-order valence-electron chi connectivity index (χ2n) is 5.14. The molecule has 6 nitrogen and oxygen atoms in total. The van der Waals surface area contributed by atoms with E-state index in [4.69, 9.17) is 5.26 Å². The molecule has 0 saturated carbocycles. The predicted octanol–water partition coefficient (Wildman–Crippen LogP) is 3.07. The van der Waals surface area contributed by atoms with Crippen LogP contribution in [0.15, 0.2) is 24.3 Å². The maximum atomic E-state index is 12.7. The van der Waals surface area contributed by atoms with Crippen LogP contribution in [0.3, 0.4) is 0 Å². The Balaban J connectivity index is 2.08. The SMILES string of the molecule is Cc1c(-c2n[nH]nc2C#N)nc(-c2ccc(C(F)(F)F)cc2)n1C. The molecule has 2 aromatic heterocycles. The molecular weight excluding hydrogens is 321 g/mol. The van der Waals surface area contributed by atoms with Gasteiger partial charge in [-0.25, -0.2) is 4.98 Å². The Labute approximate surface area is 134 Å². The zero-order valence-electron chi connectivity index (χ0n) is 12.7. The van der Waals surface area contributed by atoms with Crippen molar-refractivity contribution >= 4 is 0 Å². The molecule has 122 valence electrons. The van der Waals surface area contributed by atoms with Gasteiger partial charge in [-0.15, -0.1) is 5.10 Å². The molecule has 0 aliphatic heterocycles. The van der Waals surface area contributed by atoms with Crippen molar-refractivity contribution in [3.8, 4) is 28.8 Å². The van der Waals surface area contributed by atoms with Crippen LogP contribution in [0.5, 0.6) is 0 Å². The van der Waals surface area contributed by atoms with Crippen molar-refractivity contribution in [3.05, 3.63) is 41.2 Å². The van der Waals surface area contributed by atoms with Crippen LogP contribution in [0.2, 0.25) is 0 Å². The summed E-state index contributed by atoms with van der Waals surface area (Å²) in [4.78, 5) is 4.43. The molecule has 0 aliphatic carbocycles. The number of nitrogens with zero attached hydrogens (tertiary/aromatic N) is 5.